The second-order valence-electron chi connectivity index (χ2n) is 5.11. The van der Waals surface area contributed by atoms with Crippen molar-refractivity contribution in [2.45, 2.75) is 45.4 Å². The van der Waals surface area contributed by atoms with Crippen molar-refractivity contribution in [1.82, 2.24) is 4.98 Å². The fourth-order valence-electron chi connectivity index (χ4n) is 2.74. The number of aromatic nitrogens is 1. The van der Waals surface area contributed by atoms with E-state index in [0.29, 0.717) is 11.7 Å². The molecule has 2 rings (SSSR count). The molecule has 2 atom stereocenters. The Bertz CT molecular complexity index is 360. The summed E-state index contributed by atoms with van der Waals surface area (Å²) in [5.41, 5.74) is 1.25. The highest BCUT2D eigenvalue weighted by atomic mass is 16.1. The molecular formula is C15H21NO. The third kappa shape index (κ3) is 3.39. The fourth-order valence-corrected chi connectivity index (χ4v) is 2.74. The van der Waals surface area contributed by atoms with Gasteiger partial charge in [-0.1, -0.05) is 19.4 Å². The van der Waals surface area contributed by atoms with Crippen LogP contribution in [-0.4, -0.2) is 10.8 Å². The van der Waals surface area contributed by atoms with Gasteiger partial charge in [-0.25, -0.2) is 0 Å². The second kappa shape index (κ2) is 5.95. The van der Waals surface area contributed by atoms with Crippen LogP contribution in [0.4, 0.5) is 0 Å². The topological polar surface area (TPSA) is 30.0 Å². The molecule has 0 aromatic carbocycles. The SMILES string of the molecule is CCC1CCC(=O)C(CCc2cccnc2)C1. The lowest BCUT2D eigenvalue weighted by molar-refractivity contribution is -0.125. The van der Waals surface area contributed by atoms with Crippen molar-refractivity contribution in [3.8, 4) is 0 Å². The Balaban J connectivity index is 1.87. The van der Waals surface area contributed by atoms with E-state index in [1.54, 1.807) is 6.20 Å². The number of carbonyl (C=O) groups is 1. The van der Waals surface area contributed by atoms with Gasteiger partial charge in [0.15, 0.2) is 0 Å². The van der Waals surface area contributed by atoms with E-state index in [9.17, 15) is 4.79 Å². The maximum absolute atomic E-state index is 11.9. The molecule has 2 nitrogen and oxygen atoms in total. The van der Waals surface area contributed by atoms with Gasteiger partial charge in [0.2, 0.25) is 0 Å². The van der Waals surface area contributed by atoms with Crippen LogP contribution < -0.4 is 0 Å². The molecule has 0 N–H and O–H groups in total. The smallest absolute Gasteiger partial charge is 0.136 e. The zero-order valence-electron chi connectivity index (χ0n) is 10.6. The van der Waals surface area contributed by atoms with Gasteiger partial charge in [0.05, 0.1) is 0 Å². The van der Waals surface area contributed by atoms with Crippen molar-refractivity contribution in [3.05, 3.63) is 30.1 Å². The van der Waals surface area contributed by atoms with Gasteiger partial charge >= 0.3 is 0 Å². The van der Waals surface area contributed by atoms with Crippen molar-refractivity contribution in [2.75, 3.05) is 0 Å². The molecule has 0 radical (unpaired) electrons. The number of hydrogen-bond acceptors (Lipinski definition) is 2. The van der Waals surface area contributed by atoms with Crippen molar-refractivity contribution in [2.24, 2.45) is 11.8 Å². The molecule has 1 aliphatic rings. The van der Waals surface area contributed by atoms with Gasteiger partial charge < -0.3 is 0 Å². The number of hydrogen-bond donors (Lipinski definition) is 0. The van der Waals surface area contributed by atoms with Crippen LogP contribution in [0.5, 0.6) is 0 Å². The lowest BCUT2D eigenvalue weighted by atomic mass is 9.77. The lowest BCUT2D eigenvalue weighted by Gasteiger charge is -2.27. The van der Waals surface area contributed by atoms with Gasteiger partial charge in [-0.15, -0.1) is 0 Å². The number of nitrogens with zero attached hydrogens (tertiary/aromatic N) is 1. The summed E-state index contributed by atoms with van der Waals surface area (Å²) in [7, 11) is 0. The first kappa shape index (κ1) is 12.3. The predicted octanol–water partition coefficient (Wildman–Crippen LogP) is 3.41. The summed E-state index contributed by atoms with van der Waals surface area (Å²) >= 11 is 0. The molecule has 0 amide bonds. The number of carbonyl (C=O) groups excluding carboxylic acids is 1. The predicted molar refractivity (Wildman–Crippen MR) is 68.7 cm³/mol. The quantitative estimate of drug-likeness (QED) is 0.794. The highest BCUT2D eigenvalue weighted by molar-refractivity contribution is 5.81. The van der Waals surface area contributed by atoms with E-state index < -0.39 is 0 Å². The lowest BCUT2D eigenvalue weighted by Crippen LogP contribution is -2.25. The molecule has 17 heavy (non-hydrogen) atoms. The molecule has 0 spiro atoms. The summed E-state index contributed by atoms with van der Waals surface area (Å²) < 4.78 is 0. The Morgan fingerprint density at radius 2 is 2.35 bits per heavy atom. The molecule has 1 aromatic heterocycles. The largest absolute Gasteiger partial charge is 0.299 e. The number of ketones is 1. The third-order valence-electron chi connectivity index (χ3n) is 3.95. The average molecular weight is 231 g/mol. The number of pyridine rings is 1. The van der Waals surface area contributed by atoms with Crippen LogP contribution in [0.3, 0.4) is 0 Å². The molecular weight excluding hydrogens is 210 g/mol. The Hall–Kier alpha value is -1.18. The van der Waals surface area contributed by atoms with E-state index in [1.807, 2.05) is 12.3 Å². The van der Waals surface area contributed by atoms with Crippen LogP contribution in [0.1, 0.15) is 44.6 Å². The Morgan fingerprint density at radius 1 is 1.47 bits per heavy atom. The number of Topliss-reactive ketones (excluding diaryl/α,β-unsaturated/α-hetero) is 1. The third-order valence-corrected chi connectivity index (χ3v) is 3.95. The summed E-state index contributed by atoms with van der Waals surface area (Å²) in [6, 6.07) is 4.06. The zero-order chi connectivity index (χ0) is 12.1. The molecule has 1 aliphatic carbocycles. The minimum absolute atomic E-state index is 0.300. The first-order valence-electron chi connectivity index (χ1n) is 6.71. The van der Waals surface area contributed by atoms with Crippen molar-refractivity contribution in [1.29, 1.82) is 0 Å². The van der Waals surface area contributed by atoms with Crippen LogP contribution in [0.2, 0.25) is 0 Å². The van der Waals surface area contributed by atoms with Crippen LogP contribution in [-0.2, 0) is 11.2 Å². The summed E-state index contributed by atoms with van der Waals surface area (Å²) in [6.07, 6.45) is 9.93. The van der Waals surface area contributed by atoms with Gasteiger partial charge in [0.1, 0.15) is 5.78 Å². The molecule has 2 heteroatoms. The van der Waals surface area contributed by atoms with E-state index in [0.717, 1.165) is 38.0 Å². The Morgan fingerprint density at radius 3 is 3.06 bits per heavy atom. The highest BCUT2D eigenvalue weighted by Gasteiger charge is 2.27. The monoisotopic (exact) mass is 231 g/mol. The first-order chi connectivity index (χ1) is 8.29. The highest BCUT2D eigenvalue weighted by Crippen LogP contribution is 2.31. The van der Waals surface area contributed by atoms with Gasteiger partial charge in [-0.05, 0) is 43.2 Å². The molecule has 0 aliphatic heterocycles. The van der Waals surface area contributed by atoms with Gasteiger partial charge in [0.25, 0.3) is 0 Å². The normalized spacial score (nSPS) is 24.9. The fraction of sp³-hybridized carbons (Fsp3) is 0.600. The number of rotatable bonds is 4. The minimum Gasteiger partial charge on any atom is -0.299 e. The molecule has 0 saturated heterocycles. The van der Waals surface area contributed by atoms with Gasteiger partial charge in [-0.2, -0.15) is 0 Å². The molecule has 1 heterocycles. The first-order valence-corrected chi connectivity index (χ1v) is 6.71. The van der Waals surface area contributed by atoms with Crippen LogP contribution >= 0.6 is 0 Å². The minimum atomic E-state index is 0.300. The average Bonchev–Trinajstić information content (AvgIpc) is 2.39. The molecule has 0 bridgehead atoms. The summed E-state index contributed by atoms with van der Waals surface area (Å²) in [4.78, 5) is 16.0. The summed E-state index contributed by atoms with van der Waals surface area (Å²) in [6.45, 7) is 2.23. The molecule has 1 saturated carbocycles. The van der Waals surface area contributed by atoms with Crippen LogP contribution in [0.25, 0.3) is 0 Å². The summed E-state index contributed by atoms with van der Waals surface area (Å²) in [5, 5.41) is 0. The van der Waals surface area contributed by atoms with Crippen molar-refractivity contribution in [3.63, 3.8) is 0 Å². The van der Waals surface area contributed by atoms with Gasteiger partial charge in [0, 0.05) is 24.7 Å². The number of aryl methyl sites for hydroxylation is 1. The van der Waals surface area contributed by atoms with E-state index in [4.69, 9.17) is 0 Å². The maximum atomic E-state index is 11.9. The van der Waals surface area contributed by atoms with E-state index >= 15 is 0 Å². The van der Waals surface area contributed by atoms with Gasteiger partial charge in [-0.3, -0.25) is 9.78 Å². The van der Waals surface area contributed by atoms with E-state index in [-0.39, 0.29) is 0 Å². The summed E-state index contributed by atoms with van der Waals surface area (Å²) in [5.74, 6) is 1.55. The Labute approximate surface area is 103 Å². The van der Waals surface area contributed by atoms with Crippen LogP contribution in [0, 0.1) is 11.8 Å². The molecule has 92 valence electrons. The second-order valence-corrected chi connectivity index (χ2v) is 5.11. The zero-order valence-corrected chi connectivity index (χ0v) is 10.6. The maximum Gasteiger partial charge on any atom is 0.136 e. The molecule has 1 fully saturated rings. The van der Waals surface area contributed by atoms with Crippen molar-refractivity contribution >= 4 is 5.78 Å². The van der Waals surface area contributed by atoms with E-state index in [2.05, 4.69) is 18.0 Å². The Kier molecular flexibility index (Phi) is 4.29. The molecule has 1 aromatic rings. The van der Waals surface area contributed by atoms with Crippen molar-refractivity contribution < 1.29 is 4.79 Å². The van der Waals surface area contributed by atoms with Crippen LogP contribution in [0.15, 0.2) is 24.5 Å². The van der Waals surface area contributed by atoms with E-state index in [1.165, 1.54) is 12.0 Å². The standard InChI is InChI=1S/C15H21NO/c1-2-12-6-8-15(17)14(10-12)7-5-13-4-3-9-16-11-13/h3-4,9,11-12,14H,2,5-8,10H2,1H3. The molecule has 2 unspecified atom stereocenters.